The highest BCUT2D eigenvalue weighted by atomic mass is 16.5. The number of nitriles is 1. The van der Waals surface area contributed by atoms with Crippen LogP contribution in [0.2, 0.25) is 0 Å². The molecule has 0 saturated carbocycles. The van der Waals surface area contributed by atoms with Crippen molar-refractivity contribution in [2.24, 2.45) is 0 Å². The summed E-state index contributed by atoms with van der Waals surface area (Å²) in [6, 6.07) is 14.3. The second kappa shape index (κ2) is 8.02. The molecule has 0 spiro atoms. The normalized spacial score (nSPS) is 11.2. The molecule has 0 unspecified atom stereocenters. The molecule has 0 fully saturated rings. The van der Waals surface area contributed by atoms with Crippen LogP contribution in [-0.2, 0) is 0 Å². The Balaban J connectivity index is 2.19. The fourth-order valence-electron chi connectivity index (χ4n) is 2.39. The molecule has 0 aliphatic heterocycles. The molecule has 0 amide bonds. The molecule has 0 saturated heterocycles. The number of benzene rings is 2. The fourth-order valence-corrected chi connectivity index (χ4v) is 2.39. The molecule has 0 radical (unpaired) electrons. The number of methoxy groups -OCH3 is 3. The molecule has 5 heteroatoms. The lowest BCUT2D eigenvalue weighted by Crippen LogP contribution is -2.07. The molecule has 0 heterocycles. The van der Waals surface area contributed by atoms with Crippen LogP contribution in [0.4, 0.5) is 0 Å². The average Bonchev–Trinajstić information content (AvgIpc) is 2.65. The lowest BCUT2D eigenvalue weighted by Gasteiger charge is -2.13. The zero-order chi connectivity index (χ0) is 17.5. The van der Waals surface area contributed by atoms with Crippen molar-refractivity contribution in [1.29, 1.82) is 5.26 Å². The lowest BCUT2D eigenvalue weighted by atomic mass is 9.92. The van der Waals surface area contributed by atoms with Gasteiger partial charge in [-0.25, -0.2) is 0 Å². The minimum absolute atomic E-state index is 0.0955. The van der Waals surface area contributed by atoms with Crippen LogP contribution in [0.1, 0.15) is 28.3 Å². The SMILES string of the molecule is COc1ccc(C(=O)C[C@H](C#N)c2ccc(OC)c(OC)c2)cc1. The van der Waals surface area contributed by atoms with Crippen molar-refractivity contribution in [3.8, 4) is 23.3 Å². The molecule has 0 aromatic heterocycles. The maximum Gasteiger partial charge on any atom is 0.164 e. The highest BCUT2D eigenvalue weighted by molar-refractivity contribution is 5.96. The first-order valence-corrected chi connectivity index (χ1v) is 7.41. The summed E-state index contributed by atoms with van der Waals surface area (Å²) in [5.74, 6) is 1.15. The van der Waals surface area contributed by atoms with E-state index in [1.807, 2.05) is 0 Å². The van der Waals surface area contributed by atoms with Gasteiger partial charge in [0.1, 0.15) is 5.75 Å². The van der Waals surface area contributed by atoms with E-state index >= 15 is 0 Å². The van der Waals surface area contributed by atoms with Crippen molar-refractivity contribution in [3.63, 3.8) is 0 Å². The Morgan fingerprint density at radius 2 is 1.67 bits per heavy atom. The zero-order valence-corrected chi connectivity index (χ0v) is 13.9. The molecule has 0 aliphatic rings. The third kappa shape index (κ3) is 3.85. The summed E-state index contributed by atoms with van der Waals surface area (Å²) in [7, 11) is 4.65. The largest absolute Gasteiger partial charge is 0.497 e. The van der Waals surface area contributed by atoms with Crippen LogP contribution in [0, 0.1) is 11.3 Å². The standard InChI is InChI=1S/C19H19NO4/c1-22-16-7-4-13(5-8-16)17(21)10-15(12-20)14-6-9-18(23-2)19(11-14)24-3/h4-9,11,15H,10H2,1-3H3/t15-/m1/s1. The van der Waals surface area contributed by atoms with Crippen molar-refractivity contribution in [2.75, 3.05) is 21.3 Å². The van der Waals surface area contributed by atoms with Crippen LogP contribution in [0.5, 0.6) is 17.2 Å². The van der Waals surface area contributed by atoms with E-state index < -0.39 is 5.92 Å². The third-order valence-electron chi connectivity index (χ3n) is 3.77. The highest BCUT2D eigenvalue weighted by Crippen LogP contribution is 2.32. The second-order valence-corrected chi connectivity index (χ2v) is 5.15. The van der Waals surface area contributed by atoms with E-state index in [1.165, 1.54) is 7.11 Å². The van der Waals surface area contributed by atoms with Gasteiger partial charge in [0, 0.05) is 12.0 Å². The van der Waals surface area contributed by atoms with E-state index in [0.29, 0.717) is 22.8 Å². The Morgan fingerprint density at radius 3 is 2.21 bits per heavy atom. The number of Topliss-reactive ketones (excluding diaryl/α,β-unsaturated/α-hetero) is 1. The lowest BCUT2D eigenvalue weighted by molar-refractivity contribution is 0.0979. The first-order valence-electron chi connectivity index (χ1n) is 7.41. The Labute approximate surface area is 141 Å². The van der Waals surface area contributed by atoms with Crippen LogP contribution in [0.25, 0.3) is 0 Å². The maximum atomic E-state index is 12.4. The Hall–Kier alpha value is -3.00. The Bertz CT molecular complexity index is 747. The van der Waals surface area contributed by atoms with Crippen molar-refractivity contribution in [2.45, 2.75) is 12.3 Å². The molecule has 0 aliphatic carbocycles. The number of carbonyl (C=O) groups excluding carboxylic acids is 1. The summed E-state index contributed by atoms with van der Waals surface area (Å²) in [5, 5.41) is 9.45. The second-order valence-electron chi connectivity index (χ2n) is 5.15. The van der Waals surface area contributed by atoms with Gasteiger partial charge in [-0.05, 0) is 42.0 Å². The Kier molecular flexibility index (Phi) is 5.80. The Morgan fingerprint density at radius 1 is 1.00 bits per heavy atom. The summed E-state index contributed by atoms with van der Waals surface area (Å²) in [5.41, 5.74) is 1.27. The maximum absolute atomic E-state index is 12.4. The van der Waals surface area contributed by atoms with E-state index in [9.17, 15) is 10.1 Å². The predicted octanol–water partition coefficient (Wildman–Crippen LogP) is 3.59. The van der Waals surface area contributed by atoms with Gasteiger partial charge in [-0.1, -0.05) is 6.07 Å². The van der Waals surface area contributed by atoms with Crippen molar-refractivity contribution in [3.05, 3.63) is 53.6 Å². The number of rotatable bonds is 7. The molecule has 1 atom stereocenters. The quantitative estimate of drug-likeness (QED) is 0.728. The van der Waals surface area contributed by atoms with E-state index in [2.05, 4.69) is 6.07 Å². The monoisotopic (exact) mass is 325 g/mol. The number of carbonyl (C=O) groups is 1. The molecular formula is C19H19NO4. The molecular weight excluding hydrogens is 306 g/mol. The van der Waals surface area contributed by atoms with Crippen molar-refractivity contribution >= 4 is 5.78 Å². The topological polar surface area (TPSA) is 68.6 Å². The average molecular weight is 325 g/mol. The van der Waals surface area contributed by atoms with Gasteiger partial charge >= 0.3 is 0 Å². The number of nitrogens with zero attached hydrogens (tertiary/aromatic N) is 1. The first kappa shape index (κ1) is 17.4. The molecule has 5 nitrogen and oxygen atoms in total. The fraction of sp³-hybridized carbons (Fsp3) is 0.263. The van der Waals surface area contributed by atoms with Gasteiger partial charge in [0.05, 0.1) is 33.3 Å². The van der Waals surface area contributed by atoms with Gasteiger partial charge in [0.15, 0.2) is 17.3 Å². The first-order chi connectivity index (χ1) is 11.6. The summed E-state index contributed by atoms with van der Waals surface area (Å²) in [6.45, 7) is 0. The van der Waals surface area contributed by atoms with Crippen LogP contribution in [0.3, 0.4) is 0 Å². The molecule has 2 aromatic carbocycles. The summed E-state index contributed by atoms with van der Waals surface area (Å²) in [6.07, 6.45) is 0.0955. The molecule has 2 aromatic rings. The molecule has 0 N–H and O–H groups in total. The van der Waals surface area contributed by atoms with Crippen molar-refractivity contribution in [1.82, 2.24) is 0 Å². The number of ketones is 1. The van der Waals surface area contributed by atoms with E-state index in [4.69, 9.17) is 14.2 Å². The number of hydrogen-bond acceptors (Lipinski definition) is 5. The summed E-state index contributed by atoms with van der Waals surface area (Å²) < 4.78 is 15.5. The van der Waals surface area contributed by atoms with Crippen LogP contribution in [0.15, 0.2) is 42.5 Å². The molecule has 0 bridgehead atoms. The van der Waals surface area contributed by atoms with Gasteiger partial charge in [-0.2, -0.15) is 5.26 Å². The van der Waals surface area contributed by atoms with E-state index in [-0.39, 0.29) is 12.2 Å². The van der Waals surface area contributed by atoms with Crippen LogP contribution >= 0.6 is 0 Å². The van der Waals surface area contributed by atoms with Gasteiger partial charge in [0.2, 0.25) is 0 Å². The van der Waals surface area contributed by atoms with Gasteiger partial charge in [-0.3, -0.25) is 4.79 Å². The minimum Gasteiger partial charge on any atom is -0.497 e. The summed E-state index contributed by atoms with van der Waals surface area (Å²) in [4.78, 5) is 12.4. The molecule has 24 heavy (non-hydrogen) atoms. The molecule has 2 rings (SSSR count). The minimum atomic E-state index is -0.556. The van der Waals surface area contributed by atoms with Crippen molar-refractivity contribution < 1.29 is 19.0 Å². The summed E-state index contributed by atoms with van der Waals surface area (Å²) >= 11 is 0. The van der Waals surface area contributed by atoms with E-state index in [1.54, 1.807) is 56.7 Å². The number of ether oxygens (including phenoxy) is 3. The zero-order valence-electron chi connectivity index (χ0n) is 13.9. The van der Waals surface area contributed by atoms with E-state index in [0.717, 1.165) is 5.56 Å². The molecule has 124 valence electrons. The van der Waals surface area contributed by atoms with Gasteiger partial charge in [-0.15, -0.1) is 0 Å². The highest BCUT2D eigenvalue weighted by Gasteiger charge is 2.18. The van der Waals surface area contributed by atoms with Crippen LogP contribution < -0.4 is 14.2 Å². The van der Waals surface area contributed by atoms with Gasteiger partial charge < -0.3 is 14.2 Å². The van der Waals surface area contributed by atoms with Gasteiger partial charge in [0.25, 0.3) is 0 Å². The number of hydrogen-bond donors (Lipinski definition) is 0. The predicted molar refractivity (Wildman–Crippen MR) is 89.8 cm³/mol. The van der Waals surface area contributed by atoms with Crippen LogP contribution in [-0.4, -0.2) is 27.1 Å². The third-order valence-corrected chi connectivity index (χ3v) is 3.77. The smallest absolute Gasteiger partial charge is 0.164 e.